The van der Waals surface area contributed by atoms with Gasteiger partial charge >= 0.3 is 148 Å². The number of hydrogen-bond acceptors (Lipinski definition) is 17. The van der Waals surface area contributed by atoms with Gasteiger partial charge in [-0.3, -0.25) is 13.7 Å². The van der Waals surface area contributed by atoms with E-state index in [4.69, 9.17) is 0 Å². The summed E-state index contributed by atoms with van der Waals surface area (Å²) < 4.78 is 171. The third-order valence-electron chi connectivity index (χ3n) is 7.81. The summed E-state index contributed by atoms with van der Waals surface area (Å²) in [6.07, 6.45) is 0. The van der Waals surface area contributed by atoms with Crippen molar-refractivity contribution >= 4 is 106 Å². The number of nitrogens with zero attached hydrogens (tertiary/aromatic N) is 4. The number of benzene rings is 6. The third kappa shape index (κ3) is 12.9. The van der Waals surface area contributed by atoms with Crippen molar-refractivity contribution in [3.63, 3.8) is 0 Å². The Hall–Kier alpha value is -0.350. The van der Waals surface area contributed by atoms with Crippen LogP contribution in [0, 0.1) is 0 Å². The summed E-state index contributed by atoms with van der Waals surface area (Å²) in [6.45, 7) is 0. The Balaban J connectivity index is 0.00000360. The van der Waals surface area contributed by atoms with Crippen LogP contribution in [0.15, 0.2) is 130 Å². The second-order valence-corrected chi connectivity index (χ2v) is 18.3. The Bertz CT molecular complexity index is 3320. The minimum atomic E-state index is -5.42. The second kappa shape index (κ2) is 21.3. The molecule has 0 fully saturated rings. The van der Waals surface area contributed by atoms with Gasteiger partial charge in [-0.1, -0.05) is 18.2 Å². The van der Waals surface area contributed by atoms with E-state index in [-0.39, 0.29) is 197 Å². The van der Waals surface area contributed by atoms with E-state index in [0.29, 0.717) is 6.07 Å². The van der Waals surface area contributed by atoms with Crippen LogP contribution in [0.25, 0.3) is 32.3 Å². The van der Waals surface area contributed by atoms with Gasteiger partial charge in [-0.2, -0.15) is 25.3 Å². The number of fused-ring (bicyclic) bond motifs is 3. The maximum atomic E-state index is 12.1. The predicted molar refractivity (Wildman–Crippen MR) is 187 cm³/mol. The normalized spacial score (nSPS) is 12.3. The predicted octanol–water partition coefficient (Wildman–Crippen LogP) is -9.75. The zero-order valence-electron chi connectivity index (χ0n) is 31.6. The maximum absolute atomic E-state index is 12.1. The molecule has 0 spiro atoms. The fraction of sp³-hybridized carbons (Fsp3) is 0. The average molecular weight is 966 g/mol. The molecule has 0 saturated carbocycles. The largest absolute Gasteiger partial charge is 1.00 e. The minimum Gasteiger partial charge on any atom is -0.744 e. The monoisotopic (exact) mass is 965 g/mol. The van der Waals surface area contributed by atoms with E-state index in [0.717, 1.165) is 66.7 Å². The van der Waals surface area contributed by atoms with Crippen molar-refractivity contribution in [1.82, 2.24) is 0 Å². The van der Waals surface area contributed by atoms with E-state index in [1.807, 2.05) is 0 Å². The van der Waals surface area contributed by atoms with E-state index in [2.05, 4.69) is 20.5 Å². The smallest absolute Gasteiger partial charge is 0.744 e. The van der Waals surface area contributed by atoms with Gasteiger partial charge in [-0.15, -0.1) is 20.5 Å². The first-order chi connectivity index (χ1) is 25.3. The molecule has 6 rings (SSSR count). The van der Waals surface area contributed by atoms with Crippen molar-refractivity contribution in [2.24, 2.45) is 20.5 Å². The molecule has 0 aliphatic rings. The van der Waals surface area contributed by atoms with Crippen LogP contribution in [-0.4, -0.2) is 70.0 Å². The van der Waals surface area contributed by atoms with Gasteiger partial charge in [0.1, 0.15) is 25.9 Å². The number of aromatic hydroxyl groups is 1. The first kappa shape index (κ1) is 57.7. The van der Waals surface area contributed by atoms with Crippen LogP contribution in [0.1, 0.15) is 0 Å². The molecule has 0 unspecified atom stereocenters. The van der Waals surface area contributed by atoms with Gasteiger partial charge in [-0.05, 0) is 77.5 Å². The van der Waals surface area contributed by atoms with Crippen LogP contribution < -0.4 is 148 Å². The van der Waals surface area contributed by atoms with E-state index in [9.17, 15) is 70.0 Å². The molecule has 0 aliphatic carbocycles. The molecule has 0 aliphatic heterocycles. The van der Waals surface area contributed by atoms with Gasteiger partial charge in [0, 0.05) is 21.5 Å². The summed E-state index contributed by atoms with van der Waals surface area (Å²) in [7, 11) is -25.0. The Labute approximate surface area is 451 Å². The van der Waals surface area contributed by atoms with Crippen molar-refractivity contribution in [3.05, 3.63) is 84.9 Å². The van der Waals surface area contributed by atoms with E-state index >= 15 is 0 Å². The summed E-state index contributed by atoms with van der Waals surface area (Å²) >= 11 is 0. The van der Waals surface area contributed by atoms with Crippen LogP contribution in [-0.2, 0) is 50.6 Å². The molecular weight excluding hydrogens is 948 g/mol. The van der Waals surface area contributed by atoms with Crippen LogP contribution in [0.4, 0.5) is 22.7 Å². The molecule has 0 aromatic heterocycles. The van der Waals surface area contributed by atoms with Gasteiger partial charge in [0.25, 0.3) is 30.4 Å². The Morgan fingerprint density at radius 2 is 0.817 bits per heavy atom. The molecule has 0 bridgehead atoms. The molecule has 6 aromatic rings. The number of azo groups is 2. The van der Waals surface area contributed by atoms with E-state index in [1.54, 1.807) is 0 Å². The molecule has 4 N–H and O–H groups in total. The summed E-state index contributed by atoms with van der Waals surface area (Å²) in [5.74, 6) is -1.18. The average Bonchev–Trinajstić information content (AvgIpc) is 3.07. The van der Waals surface area contributed by atoms with E-state index in [1.165, 1.54) is 12.1 Å². The quantitative estimate of drug-likeness (QED) is 0.0594. The molecular formula is C30H18N4Na5O16S5+3. The maximum Gasteiger partial charge on any atom is 1.00 e. The van der Waals surface area contributed by atoms with Crippen LogP contribution in [0.5, 0.6) is 5.75 Å². The van der Waals surface area contributed by atoms with Gasteiger partial charge in [0.2, 0.25) is 0 Å². The van der Waals surface area contributed by atoms with Gasteiger partial charge in [-0.25, -0.2) is 16.8 Å². The van der Waals surface area contributed by atoms with Gasteiger partial charge in [0.15, 0.2) is 5.75 Å². The molecule has 0 heterocycles. The van der Waals surface area contributed by atoms with Crippen molar-refractivity contribution in [2.75, 3.05) is 0 Å². The molecule has 60 heavy (non-hydrogen) atoms. The molecule has 20 nitrogen and oxygen atoms in total. The number of hydrogen-bond donors (Lipinski definition) is 4. The van der Waals surface area contributed by atoms with Crippen molar-refractivity contribution < 1.29 is 218 Å². The molecule has 30 heteroatoms. The number of phenols is 1. The second-order valence-electron chi connectivity index (χ2n) is 11.3. The molecule has 0 atom stereocenters. The fourth-order valence-corrected chi connectivity index (χ4v) is 7.98. The molecule has 0 radical (unpaired) electrons. The number of rotatable bonds is 9. The van der Waals surface area contributed by atoms with Gasteiger partial charge in [0.05, 0.1) is 41.5 Å². The van der Waals surface area contributed by atoms with Crippen molar-refractivity contribution in [1.29, 1.82) is 0 Å². The zero-order chi connectivity index (χ0) is 40.5. The summed E-state index contributed by atoms with van der Waals surface area (Å²) in [5.41, 5.74) is -1.23. The van der Waals surface area contributed by atoms with Crippen molar-refractivity contribution in [3.8, 4) is 5.75 Å². The topological polar surface area (TPSA) is 347 Å². The Morgan fingerprint density at radius 3 is 1.35 bits per heavy atom. The van der Waals surface area contributed by atoms with Crippen molar-refractivity contribution in [2.45, 2.75) is 24.5 Å². The summed E-state index contributed by atoms with van der Waals surface area (Å²) in [6, 6.07) is 13.5. The SMILES string of the molecule is O=S(=O)([O-])c1ccc2c(N=Nc3ccc(N=Nc4cc(S(=O)(=O)O)cc5cc(S(=O)(=O)O)ccc45)c4cc(S(=O)(=O)O)ccc34)c(O)c(S(=O)(=O)[O-])cc2c1.[Na+].[Na+].[Na+].[Na+].[Na+]. The first-order valence-electron chi connectivity index (χ1n) is 14.4. The van der Waals surface area contributed by atoms with Crippen LogP contribution >= 0.6 is 0 Å². The zero-order valence-corrected chi connectivity index (χ0v) is 45.7. The minimum absolute atomic E-state index is 0. The van der Waals surface area contributed by atoms with Gasteiger partial charge < -0.3 is 14.2 Å². The fourth-order valence-electron chi connectivity index (χ4n) is 5.31. The molecule has 286 valence electrons. The standard InChI is InChI=1S/C30H20N4O16S5.5Na/c35-30-28(55(48,49)50)12-16-10-18(52(39,40)41)2-5-22(16)29(30)34-32-25-7-8-26(24-13-19(53(42,43)44)3-6-23(24)25)31-33-27-14-20(54(45,46)47)11-15-9-17(51(36,37)38)1-4-21(15)27;;;;;/h1-14,35H,(H,36,37,38)(H,39,40,41)(H,42,43,44)(H,45,46,47)(H,48,49,50);;;;;/q;5*+1/p-2. The van der Waals surface area contributed by atoms with Crippen LogP contribution in [0.2, 0.25) is 0 Å². The molecule has 0 saturated heterocycles. The summed E-state index contributed by atoms with van der Waals surface area (Å²) in [5, 5.41) is 26.1. The first-order valence-corrected chi connectivity index (χ1v) is 21.6. The third-order valence-corrected chi connectivity index (χ3v) is 12.0. The van der Waals surface area contributed by atoms with E-state index < -0.39 is 86.5 Å². The Morgan fingerprint density at radius 1 is 0.400 bits per heavy atom. The molecule has 0 amide bonds. The molecule has 6 aromatic carbocycles. The van der Waals surface area contributed by atoms with Crippen LogP contribution in [0.3, 0.4) is 0 Å². The summed E-state index contributed by atoms with van der Waals surface area (Å²) in [4.78, 5) is -4.04. The Kier molecular flexibility index (Phi) is 20.5. The number of phenolic OH excluding ortho intramolecular Hbond substituents is 1.